The average Bonchev–Trinajstić information content (AvgIpc) is 3.30. The summed E-state index contributed by atoms with van der Waals surface area (Å²) in [6.45, 7) is 1.19. The average molecular weight is 424 g/mol. The monoisotopic (exact) mass is 423 g/mol. The van der Waals surface area contributed by atoms with Gasteiger partial charge in [-0.15, -0.1) is 0 Å². The molecule has 1 fully saturated rings. The van der Waals surface area contributed by atoms with Gasteiger partial charge in [0, 0.05) is 42.2 Å². The lowest BCUT2D eigenvalue weighted by Gasteiger charge is -2.29. The third-order valence-electron chi connectivity index (χ3n) is 5.98. The van der Waals surface area contributed by atoms with Crippen LogP contribution in [0.1, 0.15) is 50.2 Å². The maximum atomic E-state index is 13.1. The van der Waals surface area contributed by atoms with Crippen LogP contribution in [-0.2, 0) is 29.2 Å². The van der Waals surface area contributed by atoms with Crippen LogP contribution in [0.5, 0.6) is 0 Å². The predicted molar refractivity (Wildman–Crippen MR) is 108 cm³/mol. The van der Waals surface area contributed by atoms with E-state index in [9.17, 15) is 19.2 Å². The summed E-state index contributed by atoms with van der Waals surface area (Å²) in [6, 6.07) is 10.0. The van der Waals surface area contributed by atoms with E-state index in [0.717, 1.165) is 11.1 Å². The van der Waals surface area contributed by atoms with Gasteiger partial charge in [-0.05, 0) is 47.4 Å². The minimum atomic E-state index is -0.669. The van der Waals surface area contributed by atoms with E-state index in [4.69, 9.17) is 11.6 Å². The second-order valence-corrected chi connectivity index (χ2v) is 8.22. The number of amides is 4. The number of rotatable bonds is 2. The van der Waals surface area contributed by atoms with Crippen LogP contribution >= 0.6 is 11.6 Å². The molecule has 1 saturated heterocycles. The molecule has 0 bridgehead atoms. The van der Waals surface area contributed by atoms with Gasteiger partial charge in [0.25, 0.3) is 11.8 Å². The summed E-state index contributed by atoms with van der Waals surface area (Å²) in [7, 11) is 0. The van der Waals surface area contributed by atoms with Crippen molar-refractivity contribution in [3.8, 4) is 0 Å². The number of imide groups is 1. The highest BCUT2D eigenvalue weighted by atomic mass is 35.5. The van der Waals surface area contributed by atoms with E-state index < -0.39 is 11.9 Å². The topological polar surface area (TPSA) is 86.8 Å². The predicted octanol–water partition coefficient (Wildman–Crippen LogP) is 2.26. The first-order valence-electron chi connectivity index (χ1n) is 9.75. The van der Waals surface area contributed by atoms with Crippen molar-refractivity contribution in [2.45, 2.75) is 38.5 Å². The SMILES string of the molecule is O=C1CCC(N2Cc3cc(C(=O)N4Cc5cccc(Cl)c5C4)ccc3C2=O)C(=O)N1. The zero-order valence-electron chi connectivity index (χ0n) is 16.0. The molecule has 0 aliphatic carbocycles. The lowest BCUT2D eigenvalue weighted by Crippen LogP contribution is -2.52. The summed E-state index contributed by atoms with van der Waals surface area (Å²) in [5, 5.41) is 2.95. The van der Waals surface area contributed by atoms with Crippen molar-refractivity contribution < 1.29 is 19.2 Å². The van der Waals surface area contributed by atoms with Gasteiger partial charge in [0.1, 0.15) is 6.04 Å². The van der Waals surface area contributed by atoms with Gasteiger partial charge in [0.05, 0.1) is 0 Å². The fraction of sp³-hybridized carbons (Fsp3) is 0.273. The van der Waals surface area contributed by atoms with Crippen molar-refractivity contribution >= 4 is 35.2 Å². The number of fused-ring (bicyclic) bond motifs is 2. The molecule has 3 aliphatic heterocycles. The largest absolute Gasteiger partial charge is 0.330 e. The normalized spacial score (nSPS) is 20.3. The van der Waals surface area contributed by atoms with Gasteiger partial charge in [-0.2, -0.15) is 0 Å². The standard InChI is InChI=1S/C22H18ClN3O4/c23-17-3-1-2-13-9-25(11-16(13)17)21(29)12-4-5-15-14(8-12)10-26(22(15)30)18-6-7-19(27)24-20(18)28/h1-5,8,18H,6-7,9-11H2,(H,24,27,28). The summed E-state index contributed by atoms with van der Waals surface area (Å²) >= 11 is 6.25. The van der Waals surface area contributed by atoms with Crippen molar-refractivity contribution in [1.82, 2.24) is 15.1 Å². The quantitative estimate of drug-likeness (QED) is 0.750. The Hall–Kier alpha value is -3.19. The van der Waals surface area contributed by atoms with E-state index in [2.05, 4.69) is 5.32 Å². The second-order valence-electron chi connectivity index (χ2n) is 7.81. The first-order valence-corrected chi connectivity index (χ1v) is 10.1. The van der Waals surface area contributed by atoms with Gasteiger partial charge in [0.15, 0.2) is 0 Å². The minimum absolute atomic E-state index is 0.128. The molecular weight excluding hydrogens is 406 g/mol. The molecule has 4 amide bonds. The number of nitrogens with zero attached hydrogens (tertiary/aromatic N) is 2. The number of hydrogen-bond donors (Lipinski definition) is 1. The van der Waals surface area contributed by atoms with Crippen molar-refractivity contribution in [2.75, 3.05) is 0 Å². The molecule has 0 radical (unpaired) electrons. The molecule has 3 heterocycles. The molecular formula is C22H18ClN3O4. The summed E-state index contributed by atoms with van der Waals surface area (Å²) in [5.74, 6) is -1.15. The Morgan fingerprint density at radius 2 is 1.87 bits per heavy atom. The van der Waals surface area contributed by atoms with Crippen LogP contribution in [-0.4, -0.2) is 39.5 Å². The summed E-state index contributed by atoms with van der Waals surface area (Å²) in [5.41, 5.74) is 3.70. The van der Waals surface area contributed by atoms with E-state index in [1.807, 2.05) is 18.2 Å². The van der Waals surface area contributed by atoms with E-state index in [0.29, 0.717) is 41.2 Å². The molecule has 2 aromatic carbocycles. The number of halogens is 1. The number of benzene rings is 2. The molecule has 5 rings (SSSR count). The van der Waals surface area contributed by atoms with Gasteiger partial charge in [-0.25, -0.2) is 0 Å². The summed E-state index contributed by atoms with van der Waals surface area (Å²) < 4.78 is 0. The molecule has 7 nitrogen and oxygen atoms in total. The van der Waals surface area contributed by atoms with Gasteiger partial charge >= 0.3 is 0 Å². The van der Waals surface area contributed by atoms with E-state index >= 15 is 0 Å². The zero-order chi connectivity index (χ0) is 21.0. The molecule has 1 N–H and O–H groups in total. The van der Waals surface area contributed by atoms with Gasteiger partial charge in [-0.3, -0.25) is 24.5 Å². The van der Waals surface area contributed by atoms with E-state index in [1.54, 1.807) is 23.1 Å². The van der Waals surface area contributed by atoms with E-state index in [-0.39, 0.29) is 30.7 Å². The molecule has 1 atom stereocenters. The summed E-state index contributed by atoms with van der Waals surface area (Å²) in [4.78, 5) is 52.6. The highest BCUT2D eigenvalue weighted by Gasteiger charge is 2.39. The maximum absolute atomic E-state index is 13.1. The number of piperidine rings is 1. The first kappa shape index (κ1) is 18.8. The highest BCUT2D eigenvalue weighted by Crippen LogP contribution is 2.32. The number of carbonyl (C=O) groups excluding carboxylic acids is 4. The molecule has 2 aromatic rings. The van der Waals surface area contributed by atoms with Crippen LogP contribution < -0.4 is 5.32 Å². The van der Waals surface area contributed by atoms with Crippen LogP contribution in [0, 0.1) is 0 Å². The lowest BCUT2D eigenvalue weighted by molar-refractivity contribution is -0.136. The van der Waals surface area contributed by atoms with Crippen LogP contribution in [0.3, 0.4) is 0 Å². The molecule has 0 saturated carbocycles. The van der Waals surface area contributed by atoms with Crippen molar-refractivity contribution in [3.05, 3.63) is 69.2 Å². The smallest absolute Gasteiger partial charge is 0.255 e. The molecule has 3 aliphatic rings. The van der Waals surface area contributed by atoms with Crippen LogP contribution in [0.4, 0.5) is 0 Å². The van der Waals surface area contributed by atoms with E-state index in [1.165, 1.54) is 4.90 Å². The molecule has 0 aromatic heterocycles. The van der Waals surface area contributed by atoms with Gasteiger partial charge in [0.2, 0.25) is 11.8 Å². The Balaban J connectivity index is 1.36. The van der Waals surface area contributed by atoms with Gasteiger partial charge < -0.3 is 9.80 Å². The number of carbonyl (C=O) groups is 4. The Bertz CT molecular complexity index is 1130. The van der Waals surface area contributed by atoms with Crippen molar-refractivity contribution in [2.24, 2.45) is 0 Å². The number of hydrogen-bond acceptors (Lipinski definition) is 4. The molecule has 0 spiro atoms. The molecule has 152 valence electrons. The second kappa shape index (κ2) is 6.95. The Labute approximate surface area is 177 Å². The Kier molecular flexibility index (Phi) is 4.36. The zero-order valence-corrected chi connectivity index (χ0v) is 16.7. The summed E-state index contributed by atoms with van der Waals surface area (Å²) in [6.07, 6.45) is 0.515. The third kappa shape index (κ3) is 2.97. The molecule has 8 heteroatoms. The van der Waals surface area contributed by atoms with Crippen molar-refractivity contribution in [3.63, 3.8) is 0 Å². The van der Waals surface area contributed by atoms with Gasteiger partial charge in [-0.1, -0.05) is 23.7 Å². The fourth-order valence-corrected chi connectivity index (χ4v) is 4.67. The maximum Gasteiger partial charge on any atom is 0.255 e. The van der Waals surface area contributed by atoms with Crippen LogP contribution in [0.2, 0.25) is 5.02 Å². The Morgan fingerprint density at radius 3 is 2.63 bits per heavy atom. The third-order valence-corrected chi connectivity index (χ3v) is 6.34. The molecule has 1 unspecified atom stereocenters. The molecule has 30 heavy (non-hydrogen) atoms. The number of nitrogens with one attached hydrogen (secondary N) is 1. The first-order chi connectivity index (χ1) is 14.4. The lowest BCUT2D eigenvalue weighted by atomic mass is 10.0. The van der Waals surface area contributed by atoms with Crippen LogP contribution in [0.15, 0.2) is 36.4 Å². The van der Waals surface area contributed by atoms with Crippen molar-refractivity contribution in [1.29, 1.82) is 0 Å². The highest BCUT2D eigenvalue weighted by molar-refractivity contribution is 6.31. The minimum Gasteiger partial charge on any atom is -0.330 e. The fourth-order valence-electron chi connectivity index (χ4n) is 4.41. The van der Waals surface area contributed by atoms with Crippen LogP contribution in [0.25, 0.3) is 0 Å². The Morgan fingerprint density at radius 1 is 1.03 bits per heavy atom.